The molecule has 1 aliphatic carbocycles. The summed E-state index contributed by atoms with van der Waals surface area (Å²) in [6, 6.07) is 6.12. The molecule has 0 spiro atoms. The first-order chi connectivity index (χ1) is 9.90. The van der Waals surface area contributed by atoms with Gasteiger partial charge in [-0.15, -0.1) is 0 Å². The van der Waals surface area contributed by atoms with Gasteiger partial charge < -0.3 is 5.32 Å². The van der Waals surface area contributed by atoms with Crippen molar-refractivity contribution in [3.63, 3.8) is 0 Å². The Labute approximate surface area is 136 Å². The Morgan fingerprint density at radius 3 is 2.71 bits per heavy atom. The van der Waals surface area contributed by atoms with Crippen LogP contribution >= 0.6 is 15.9 Å². The van der Waals surface area contributed by atoms with Gasteiger partial charge in [0.1, 0.15) is 0 Å². The van der Waals surface area contributed by atoms with Gasteiger partial charge in [-0.3, -0.25) is 4.79 Å². The number of halogens is 1. The molecule has 1 aromatic rings. The Bertz CT molecular complexity index is 512. The lowest BCUT2D eigenvalue weighted by molar-refractivity contribution is 0.0867. The van der Waals surface area contributed by atoms with Crippen LogP contribution in [0.4, 0.5) is 0 Å². The van der Waals surface area contributed by atoms with Crippen LogP contribution < -0.4 is 5.32 Å². The maximum atomic E-state index is 12.6. The van der Waals surface area contributed by atoms with Gasteiger partial charge in [0.05, 0.1) is 0 Å². The molecule has 1 N–H and O–H groups in total. The highest BCUT2D eigenvalue weighted by Gasteiger charge is 2.32. The van der Waals surface area contributed by atoms with Crippen LogP contribution in [0.1, 0.15) is 56.0 Å². The van der Waals surface area contributed by atoms with Gasteiger partial charge in [-0.05, 0) is 55.2 Å². The van der Waals surface area contributed by atoms with E-state index in [9.17, 15) is 4.79 Å². The second-order valence-electron chi connectivity index (χ2n) is 6.82. The molecule has 3 atom stereocenters. The zero-order chi connectivity index (χ0) is 15.6. The number of carbonyl (C=O) groups is 1. The Hall–Kier alpha value is -0.830. The van der Waals surface area contributed by atoms with E-state index in [0.717, 1.165) is 22.0 Å². The number of benzene rings is 1. The van der Waals surface area contributed by atoms with E-state index in [2.05, 4.69) is 42.0 Å². The Balaban J connectivity index is 2.14. The van der Waals surface area contributed by atoms with Gasteiger partial charge in [-0.1, -0.05) is 49.2 Å². The van der Waals surface area contributed by atoms with Crippen LogP contribution in [0, 0.1) is 24.7 Å². The smallest absolute Gasteiger partial charge is 0.251 e. The van der Waals surface area contributed by atoms with Crippen molar-refractivity contribution in [3.8, 4) is 0 Å². The van der Waals surface area contributed by atoms with E-state index >= 15 is 0 Å². The van der Waals surface area contributed by atoms with Gasteiger partial charge in [0.2, 0.25) is 0 Å². The third-order valence-corrected chi connectivity index (χ3v) is 5.71. The summed E-state index contributed by atoms with van der Waals surface area (Å²) in [5, 5.41) is 3.31. The van der Waals surface area contributed by atoms with Crippen molar-refractivity contribution < 1.29 is 4.79 Å². The van der Waals surface area contributed by atoms with E-state index in [4.69, 9.17) is 0 Å². The molecule has 2 nitrogen and oxygen atoms in total. The molecule has 1 amide bonds. The molecule has 0 heterocycles. The van der Waals surface area contributed by atoms with E-state index in [-0.39, 0.29) is 5.91 Å². The molecule has 0 radical (unpaired) electrons. The normalized spacial score (nSPS) is 25.9. The molecular formula is C18H26BrNO. The average Bonchev–Trinajstić information content (AvgIpc) is 2.41. The third kappa shape index (κ3) is 3.88. The predicted molar refractivity (Wildman–Crippen MR) is 91.5 cm³/mol. The fourth-order valence-corrected chi connectivity index (χ4v) is 3.83. The van der Waals surface area contributed by atoms with Crippen molar-refractivity contribution in [2.75, 3.05) is 0 Å². The molecule has 2 rings (SSSR count). The Morgan fingerprint density at radius 2 is 2.05 bits per heavy atom. The van der Waals surface area contributed by atoms with Crippen LogP contribution in [-0.4, -0.2) is 11.9 Å². The highest BCUT2D eigenvalue weighted by Crippen LogP contribution is 2.33. The molecule has 0 saturated heterocycles. The summed E-state index contributed by atoms with van der Waals surface area (Å²) < 4.78 is 0.993. The molecule has 1 aromatic carbocycles. The molecule has 116 valence electrons. The maximum absolute atomic E-state index is 12.6. The van der Waals surface area contributed by atoms with Crippen LogP contribution in [-0.2, 0) is 0 Å². The van der Waals surface area contributed by atoms with Gasteiger partial charge in [0.25, 0.3) is 5.91 Å². The molecule has 3 unspecified atom stereocenters. The molecule has 0 aliphatic heterocycles. The molecular weight excluding hydrogens is 326 g/mol. The molecule has 1 aliphatic rings. The van der Waals surface area contributed by atoms with Crippen molar-refractivity contribution in [1.82, 2.24) is 5.32 Å². The van der Waals surface area contributed by atoms with Crippen molar-refractivity contribution in [2.45, 2.75) is 53.0 Å². The van der Waals surface area contributed by atoms with Crippen LogP contribution in [0.25, 0.3) is 0 Å². The minimum Gasteiger partial charge on any atom is -0.349 e. The average molecular weight is 352 g/mol. The lowest BCUT2D eigenvalue weighted by atomic mass is 9.74. The maximum Gasteiger partial charge on any atom is 0.251 e. The van der Waals surface area contributed by atoms with Crippen LogP contribution in [0.2, 0.25) is 0 Å². The van der Waals surface area contributed by atoms with Crippen LogP contribution in [0.15, 0.2) is 22.7 Å². The number of nitrogens with one attached hydrogen (secondary N) is 1. The molecule has 1 fully saturated rings. The van der Waals surface area contributed by atoms with Crippen molar-refractivity contribution in [3.05, 3.63) is 33.8 Å². The summed E-state index contributed by atoms with van der Waals surface area (Å²) in [5.74, 6) is 1.98. The SMILES string of the molecule is Cc1c(Br)cccc1C(=O)NC1CC(C)CCC1C(C)C. The number of carbonyl (C=O) groups excluding carboxylic acids is 1. The minimum atomic E-state index is 0.0681. The largest absolute Gasteiger partial charge is 0.349 e. The van der Waals surface area contributed by atoms with Crippen molar-refractivity contribution >= 4 is 21.8 Å². The zero-order valence-electron chi connectivity index (χ0n) is 13.4. The molecule has 3 heteroatoms. The monoisotopic (exact) mass is 351 g/mol. The fourth-order valence-electron chi connectivity index (χ4n) is 3.47. The van der Waals surface area contributed by atoms with E-state index in [0.29, 0.717) is 23.8 Å². The summed E-state index contributed by atoms with van der Waals surface area (Å²) >= 11 is 3.50. The topological polar surface area (TPSA) is 29.1 Å². The summed E-state index contributed by atoms with van der Waals surface area (Å²) in [5.41, 5.74) is 1.80. The van der Waals surface area contributed by atoms with Gasteiger partial charge in [0, 0.05) is 16.1 Å². The van der Waals surface area contributed by atoms with Crippen LogP contribution in [0.3, 0.4) is 0 Å². The van der Waals surface area contributed by atoms with Gasteiger partial charge in [-0.25, -0.2) is 0 Å². The van der Waals surface area contributed by atoms with Gasteiger partial charge in [0.15, 0.2) is 0 Å². The summed E-state index contributed by atoms with van der Waals surface area (Å²) in [6.07, 6.45) is 3.61. The molecule has 21 heavy (non-hydrogen) atoms. The predicted octanol–water partition coefficient (Wildman–Crippen LogP) is 4.95. The Morgan fingerprint density at radius 1 is 1.33 bits per heavy atom. The van der Waals surface area contributed by atoms with E-state index in [1.165, 1.54) is 12.8 Å². The van der Waals surface area contributed by atoms with E-state index in [1.807, 2.05) is 25.1 Å². The first kappa shape index (κ1) is 16.5. The van der Waals surface area contributed by atoms with E-state index in [1.54, 1.807) is 0 Å². The number of hydrogen-bond donors (Lipinski definition) is 1. The third-order valence-electron chi connectivity index (χ3n) is 4.85. The lowest BCUT2D eigenvalue weighted by Crippen LogP contribution is -2.45. The lowest BCUT2D eigenvalue weighted by Gasteiger charge is -2.37. The molecule has 0 aromatic heterocycles. The first-order valence-electron chi connectivity index (χ1n) is 7.96. The summed E-state index contributed by atoms with van der Waals surface area (Å²) in [6.45, 7) is 8.82. The standard InChI is InChI=1S/C18H26BrNO/c1-11(2)14-9-8-12(3)10-17(14)20-18(21)15-6-5-7-16(19)13(15)4/h5-7,11-12,14,17H,8-10H2,1-4H3,(H,20,21). The fraction of sp³-hybridized carbons (Fsp3) is 0.611. The van der Waals surface area contributed by atoms with E-state index < -0.39 is 0 Å². The number of hydrogen-bond acceptors (Lipinski definition) is 1. The first-order valence-corrected chi connectivity index (χ1v) is 8.75. The second-order valence-corrected chi connectivity index (χ2v) is 7.67. The summed E-state index contributed by atoms with van der Waals surface area (Å²) in [7, 11) is 0. The number of rotatable bonds is 3. The molecule has 1 saturated carbocycles. The Kier molecular flexibility index (Phi) is 5.48. The van der Waals surface area contributed by atoms with Gasteiger partial charge >= 0.3 is 0 Å². The zero-order valence-corrected chi connectivity index (χ0v) is 15.0. The number of amides is 1. The van der Waals surface area contributed by atoms with Crippen LogP contribution in [0.5, 0.6) is 0 Å². The summed E-state index contributed by atoms with van der Waals surface area (Å²) in [4.78, 5) is 12.6. The van der Waals surface area contributed by atoms with Gasteiger partial charge in [-0.2, -0.15) is 0 Å². The minimum absolute atomic E-state index is 0.0681. The van der Waals surface area contributed by atoms with Crippen molar-refractivity contribution in [1.29, 1.82) is 0 Å². The highest BCUT2D eigenvalue weighted by atomic mass is 79.9. The van der Waals surface area contributed by atoms with Crippen molar-refractivity contribution in [2.24, 2.45) is 17.8 Å². The highest BCUT2D eigenvalue weighted by molar-refractivity contribution is 9.10. The molecule has 0 bridgehead atoms. The quantitative estimate of drug-likeness (QED) is 0.820. The second kappa shape index (κ2) is 6.95.